The average Bonchev–Trinajstić information content (AvgIpc) is 2.54. The summed E-state index contributed by atoms with van der Waals surface area (Å²) in [5.74, 6) is -0.597. The number of amides is 1. The standard InChI is InChI=1S/C19H19Cl2NO3/c1-2-25-19(24)12-17(14-9-15(20)11-16(21)10-14)22-18(23)8-13-6-4-3-5-7-13/h3-7,9-11,17H,2,8,12H2,1H3,(H,22,23). The van der Waals surface area contributed by atoms with Crippen molar-refractivity contribution in [2.24, 2.45) is 0 Å². The molecule has 2 rings (SSSR count). The molecule has 0 aliphatic carbocycles. The normalized spacial score (nSPS) is 11.6. The Hall–Kier alpha value is -2.04. The summed E-state index contributed by atoms with van der Waals surface area (Å²) in [6.07, 6.45) is 0.222. The third-order valence-electron chi connectivity index (χ3n) is 3.51. The zero-order chi connectivity index (χ0) is 18.2. The minimum Gasteiger partial charge on any atom is -0.466 e. The first kappa shape index (κ1) is 19.3. The third-order valence-corrected chi connectivity index (χ3v) is 3.94. The van der Waals surface area contributed by atoms with Gasteiger partial charge in [0.25, 0.3) is 0 Å². The number of carbonyl (C=O) groups is 2. The Labute approximate surface area is 157 Å². The molecular weight excluding hydrogens is 361 g/mol. The lowest BCUT2D eigenvalue weighted by Crippen LogP contribution is -2.31. The second-order valence-corrected chi connectivity index (χ2v) is 6.37. The molecule has 6 heteroatoms. The first-order valence-electron chi connectivity index (χ1n) is 7.93. The lowest BCUT2D eigenvalue weighted by atomic mass is 10.0. The lowest BCUT2D eigenvalue weighted by molar-refractivity contribution is -0.143. The van der Waals surface area contributed by atoms with Gasteiger partial charge in [-0.1, -0.05) is 53.5 Å². The Kier molecular flexibility index (Phi) is 7.29. The van der Waals surface area contributed by atoms with E-state index < -0.39 is 12.0 Å². The van der Waals surface area contributed by atoms with Crippen molar-refractivity contribution < 1.29 is 14.3 Å². The number of hydrogen-bond acceptors (Lipinski definition) is 3. The Morgan fingerprint density at radius 1 is 1.08 bits per heavy atom. The number of carbonyl (C=O) groups excluding carboxylic acids is 2. The van der Waals surface area contributed by atoms with Crippen molar-refractivity contribution in [1.29, 1.82) is 0 Å². The molecule has 132 valence electrons. The molecule has 0 fully saturated rings. The fourth-order valence-corrected chi connectivity index (χ4v) is 2.98. The van der Waals surface area contributed by atoms with E-state index in [0.29, 0.717) is 15.6 Å². The minimum atomic E-state index is -0.563. The van der Waals surface area contributed by atoms with E-state index in [-0.39, 0.29) is 25.4 Å². The maximum atomic E-state index is 12.4. The predicted molar refractivity (Wildman–Crippen MR) is 98.7 cm³/mol. The van der Waals surface area contributed by atoms with Crippen LogP contribution in [0.3, 0.4) is 0 Å². The fourth-order valence-electron chi connectivity index (χ4n) is 2.44. The van der Waals surface area contributed by atoms with E-state index in [4.69, 9.17) is 27.9 Å². The summed E-state index contributed by atoms with van der Waals surface area (Å²) in [5.41, 5.74) is 1.55. The third kappa shape index (κ3) is 6.40. The number of hydrogen-bond donors (Lipinski definition) is 1. The van der Waals surface area contributed by atoms with Gasteiger partial charge in [0.2, 0.25) is 5.91 Å². The highest BCUT2D eigenvalue weighted by Crippen LogP contribution is 2.26. The molecule has 0 aliphatic rings. The first-order chi connectivity index (χ1) is 12.0. The van der Waals surface area contributed by atoms with Crippen LogP contribution >= 0.6 is 23.2 Å². The summed E-state index contributed by atoms with van der Waals surface area (Å²) < 4.78 is 5.00. The van der Waals surface area contributed by atoms with Crippen LogP contribution in [0.4, 0.5) is 0 Å². The highest BCUT2D eigenvalue weighted by molar-refractivity contribution is 6.34. The Balaban J connectivity index is 2.15. The van der Waals surface area contributed by atoms with Crippen LogP contribution in [0.1, 0.15) is 30.5 Å². The topological polar surface area (TPSA) is 55.4 Å². The summed E-state index contributed by atoms with van der Waals surface area (Å²) in [5, 5.41) is 3.75. The molecule has 1 N–H and O–H groups in total. The van der Waals surface area contributed by atoms with Crippen LogP contribution in [0.2, 0.25) is 10.0 Å². The van der Waals surface area contributed by atoms with Gasteiger partial charge in [0, 0.05) is 10.0 Å². The zero-order valence-electron chi connectivity index (χ0n) is 13.8. The smallest absolute Gasteiger partial charge is 0.308 e. The van der Waals surface area contributed by atoms with Crippen LogP contribution in [-0.2, 0) is 20.7 Å². The van der Waals surface area contributed by atoms with Crippen molar-refractivity contribution in [3.05, 3.63) is 69.7 Å². The van der Waals surface area contributed by atoms with Gasteiger partial charge in [0.15, 0.2) is 0 Å². The molecule has 0 saturated carbocycles. The van der Waals surface area contributed by atoms with Crippen LogP contribution in [0.5, 0.6) is 0 Å². The monoisotopic (exact) mass is 379 g/mol. The minimum absolute atomic E-state index is 0.00500. The predicted octanol–water partition coefficient (Wildman–Crippen LogP) is 4.35. The molecule has 0 aliphatic heterocycles. The summed E-state index contributed by atoms with van der Waals surface area (Å²) in [7, 11) is 0. The van der Waals surface area contributed by atoms with Gasteiger partial charge in [-0.05, 0) is 36.2 Å². The molecule has 4 nitrogen and oxygen atoms in total. The van der Waals surface area contributed by atoms with E-state index in [2.05, 4.69) is 5.32 Å². The summed E-state index contributed by atoms with van der Waals surface area (Å²) >= 11 is 12.1. The molecule has 1 unspecified atom stereocenters. The highest BCUT2D eigenvalue weighted by atomic mass is 35.5. The van der Waals surface area contributed by atoms with E-state index >= 15 is 0 Å². The molecule has 0 saturated heterocycles. The second kappa shape index (κ2) is 9.44. The second-order valence-electron chi connectivity index (χ2n) is 5.49. The van der Waals surface area contributed by atoms with Crippen molar-refractivity contribution in [3.63, 3.8) is 0 Å². The molecule has 0 heterocycles. The number of esters is 1. The van der Waals surface area contributed by atoms with Gasteiger partial charge in [-0.2, -0.15) is 0 Å². The Morgan fingerprint density at radius 3 is 2.32 bits per heavy atom. The van der Waals surface area contributed by atoms with Crippen molar-refractivity contribution in [2.45, 2.75) is 25.8 Å². The van der Waals surface area contributed by atoms with Crippen molar-refractivity contribution >= 4 is 35.1 Å². The zero-order valence-corrected chi connectivity index (χ0v) is 15.3. The molecule has 0 spiro atoms. The van der Waals surface area contributed by atoms with Crippen LogP contribution in [-0.4, -0.2) is 18.5 Å². The summed E-state index contributed by atoms with van der Waals surface area (Å²) in [4.78, 5) is 24.3. The van der Waals surface area contributed by atoms with Crippen molar-refractivity contribution in [2.75, 3.05) is 6.61 Å². The fraction of sp³-hybridized carbons (Fsp3) is 0.263. The number of rotatable bonds is 7. The number of halogens is 2. The SMILES string of the molecule is CCOC(=O)CC(NC(=O)Cc1ccccc1)c1cc(Cl)cc(Cl)c1. The van der Waals surface area contributed by atoms with Gasteiger partial charge < -0.3 is 10.1 Å². The first-order valence-corrected chi connectivity index (χ1v) is 8.68. The van der Waals surface area contributed by atoms with Gasteiger partial charge in [-0.25, -0.2) is 0 Å². The van der Waals surface area contributed by atoms with Crippen LogP contribution in [0.15, 0.2) is 48.5 Å². The number of nitrogens with one attached hydrogen (secondary N) is 1. The van der Waals surface area contributed by atoms with Gasteiger partial charge in [-0.15, -0.1) is 0 Å². The molecule has 0 radical (unpaired) electrons. The molecule has 2 aromatic rings. The summed E-state index contributed by atoms with van der Waals surface area (Å²) in [6.45, 7) is 2.01. The summed E-state index contributed by atoms with van der Waals surface area (Å²) in [6, 6.07) is 13.8. The van der Waals surface area contributed by atoms with E-state index in [9.17, 15) is 9.59 Å². The number of ether oxygens (including phenoxy) is 1. The van der Waals surface area contributed by atoms with Gasteiger partial charge in [-0.3, -0.25) is 9.59 Å². The van der Waals surface area contributed by atoms with Gasteiger partial charge >= 0.3 is 5.97 Å². The van der Waals surface area contributed by atoms with Gasteiger partial charge in [0.05, 0.1) is 25.5 Å². The van der Waals surface area contributed by atoms with E-state index in [1.54, 1.807) is 25.1 Å². The van der Waals surface area contributed by atoms with E-state index in [1.165, 1.54) is 0 Å². The van der Waals surface area contributed by atoms with Crippen LogP contribution in [0.25, 0.3) is 0 Å². The molecule has 0 bridgehead atoms. The Morgan fingerprint density at radius 2 is 1.72 bits per heavy atom. The highest BCUT2D eigenvalue weighted by Gasteiger charge is 2.20. The van der Waals surface area contributed by atoms with Crippen molar-refractivity contribution in [1.82, 2.24) is 5.32 Å². The molecule has 1 atom stereocenters. The molecule has 0 aromatic heterocycles. The lowest BCUT2D eigenvalue weighted by Gasteiger charge is -2.19. The quantitative estimate of drug-likeness (QED) is 0.727. The average molecular weight is 380 g/mol. The maximum Gasteiger partial charge on any atom is 0.308 e. The van der Waals surface area contributed by atoms with E-state index in [1.807, 2.05) is 30.3 Å². The maximum absolute atomic E-state index is 12.4. The molecule has 2 aromatic carbocycles. The van der Waals surface area contributed by atoms with Crippen LogP contribution in [0, 0.1) is 0 Å². The molecular formula is C19H19Cl2NO3. The largest absolute Gasteiger partial charge is 0.466 e. The number of benzene rings is 2. The molecule has 25 heavy (non-hydrogen) atoms. The van der Waals surface area contributed by atoms with E-state index in [0.717, 1.165) is 5.56 Å². The van der Waals surface area contributed by atoms with Crippen LogP contribution < -0.4 is 5.32 Å². The molecule has 1 amide bonds. The Bertz CT molecular complexity index is 714. The van der Waals surface area contributed by atoms with Gasteiger partial charge in [0.1, 0.15) is 0 Å². The van der Waals surface area contributed by atoms with Crippen molar-refractivity contribution in [3.8, 4) is 0 Å².